The zero-order valence-electron chi connectivity index (χ0n) is 16.9. The van der Waals surface area contributed by atoms with Gasteiger partial charge in [-0.15, -0.1) is 0 Å². The number of benzene rings is 2. The van der Waals surface area contributed by atoms with Crippen LogP contribution in [0, 0.1) is 6.92 Å². The summed E-state index contributed by atoms with van der Waals surface area (Å²) in [6.45, 7) is 5.16. The molecule has 0 N–H and O–H groups in total. The molecule has 0 spiro atoms. The lowest BCUT2D eigenvalue weighted by atomic mass is 9.98. The van der Waals surface area contributed by atoms with Crippen LogP contribution in [0.15, 0.2) is 60.8 Å². The summed E-state index contributed by atoms with van der Waals surface area (Å²) in [5, 5.41) is 0. The Bertz CT molecular complexity index is 947. The quantitative estimate of drug-likeness (QED) is 0.639. The molecule has 0 radical (unpaired) electrons. The van der Waals surface area contributed by atoms with Crippen molar-refractivity contribution in [2.24, 2.45) is 0 Å². The maximum absolute atomic E-state index is 5.81. The molecule has 4 rings (SSSR count). The highest BCUT2D eigenvalue weighted by Gasteiger charge is 2.30. The fraction of sp³-hybridized carbons (Fsp3) is 0.333. The molecule has 0 bridgehead atoms. The normalized spacial score (nSPS) is 17.0. The van der Waals surface area contributed by atoms with E-state index in [-0.39, 0.29) is 6.04 Å². The number of nitrogens with zero attached hydrogens (tertiary/aromatic N) is 2. The van der Waals surface area contributed by atoms with E-state index in [4.69, 9.17) is 9.47 Å². The van der Waals surface area contributed by atoms with Crippen molar-refractivity contribution < 1.29 is 9.47 Å². The van der Waals surface area contributed by atoms with E-state index < -0.39 is 0 Å². The second-order valence-corrected chi connectivity index (χ2v) is 7.36. The van der Waals surface area contributed by atoms with Crippen LogP contribution in [0.5, 0.6) is 11.5 Å². The third-order valence-electron chi connectivity index (χ3n) is 5.72. The Balaban J connectivity index is 1.83. The van der Waals surface area contributed by atoms with Gasteiger partial charge in [0.1, 0.15) is 0 Å². The van der Waals surface area contributed by atoms with Gasteiger partial charge in [-0.2, -0.15) is 0 Å². The highest BCUT2D eigenvalue weighted by atomic mass is 16.5. The van der Waals surface area contributed by atoms with E-state index in [1.54, 1.807) is 14.2 Å². The highest BCUT2D eigenvalue weighted by molar-refractivity contribution is 5.50. The van der Waals surface area contributed by atoms with E-state index in [2.05, 4.69) is 71.1 Å². The molecule has 146 valence electrons. The van der Waals surface area contributed by atoms with E-state index in [1.165, 1.54) is 16.8 Å². The molecular weight excluding hydrogens is 348 g/mol. The second kappa shape index (κ2) is 8.11. The van der Waals surface area contributed by atoms with Crippen LogP contribution in [-0.4, -0.2) is 30.2 Å². The van der Waals surface area contributed by atoms with Crippen LogP contribution in [0.3, 0.4) is 0 Å². The smallest absolute Gasteiger partial charge is 0.165 e. The Labute approximate surface area is 167 Å². The molecule has 4 heteroatoms. The lowest BCUT2D eigenvalue weighted by Crippen LogP contribution is -2.30. The minimum absolute atomic E-state index is 0.113. The van der Waals surface area contributed by atoms with Crippen molar-refractivity contribution >= 4 is 0 Å². The number of rotatable bonds is 5. The summed E-state index contributed by atoms with van der Waals surface area (Å²) in [6.07, 6.45) is 3.31. The fourth-order valence-corrected chi connectivity index (χ4v) is 4.30. The van der Waals surface area contributed by atoms with Crippen molar-refractivity contribution in [1.29, 1.82) is 0 Å². The van der Waals surface area contributed by atoms with Crippen LogP contribution in [-0.2, 0) is 13.1 Å². The van der Waals surface area contributed by atoms with E-state index in [0.29, 0.717) is 0 Å². The summed E-state index contributed by atoms with van der Waals surface area (Å²) < 4.78 is 13.8. The van der Waals surface area contributed by atoms with E-state index in [1.807, 2.05) is 6.07 Å². The van der Waals surface area contributed by atoms with Gasteiger partial charge in [0.05, 0.1) is 20.3 Å². The predicted octanol–water partition coefficient (Wildman–Crippen LogP) is 4.81. The molecule has 0 aliphatic carbocycles. The fourth-order valence-electron chi connectivity index (χ4n) is 4.30. The number of ether oxygens (including phenoxy) is 2. The molecule has 2 aromatic carbocycles. The number of aryl methyl sites for hydroxylation is 2. The van der Waals surface area contributed by atoms with Crippen molar-refractivity contribution in [1.82, 2.24) is 9.47 Å². The first kappa shape index (κ1) is 18.6. The van der Waals surface area contributed by atoms with Gasteiger partial charge in [-0.25, -0.2) is 0 Å². The summed E-state index contributed by atoms with van der Waals surface area (Å²) in [7, 11) is 3.42. The Morgan fingerprint density at radius 1 is 0.929 bits per heavy atom. The van der Waals surface area contributed by atoms with Gasteiger partial charge >= 0.3 is 0 Å². The molecule has 0 fully saturated rings. The zero-order valence-corrected chi connectivity index (χ0v) is 16.9. The summed E-state index contributed by atoms with van der Waals surface area (Å²) in [5.74, 6) is 1.60. The first-order valence-electron chi connectivity index (χ1n) is 9.87. The number of aromatic nitrogens is 1. The molecule has 1 aliphatic heterocycles. The molecule has 28 heavy (non-hydrogen) atoms. The van der Waals surface area contributed by atoms with Gasteiger partial charge in [-0.3, -0.25) is 4.90 Å². The van der Waals surface area contributed by atoms with Crippen molar-refractivity contribution in [2.45, 2.75) is 32.5 Å². The van der Waals surface area contributed by atoms with Crippen LogP contribution in [0.4, 0.5) is 0 Å². The Kier molecular flexibility index (Phi) is 5.40. The molecule has 0 saturated carbocycles. The first-order valence-corrected chi connectivity index (χ1v) is 9.87. The molecule has 1 atom stereocenters. The van der Waals surface area contributed by atoms with Crippen molar-refractivity contribution in [3.63, 3.8) is 0 Å². The van der Waals surface area contributed by atoms with Crippen LogP contribution in [0.2, 0.25) is 0 Å². The molecule has 0 amide bonds. The van der Waals surface area contributed by atoms with Crippen LogP contribution >= 0.6 is 0 Å². The molecule has 1 aliphatic rings. The number of fused-ring (bicyclic) bond motifs is 1. The largest absolute Gasteiger partial charge is 0.493 e. The number of methoxy groups -OCH3 is 2. The minimum Gasteiger partial charge on any atom is -0.493 e. The highest BCUT2D eigenvalue weighted by Crippen LogP contribution is 2.41. The Hall–Kier alpha value is -2.72. The number of hydrogen-bond acceptors (Lipinski definition) is 3. The van der Waals surface area contributed by atoms with E-state index in [0.717, 1.165) is 43.1 Å². The van der Waals surface area contributed by atoms with Gasteiger partial charge in [0.15, 0.2) is 11.5 Å². The molecule has 4 nitrogen and oxygen atoms in total. The monoisotopic (exact) mass is 376 g/mol. The summed E-state index contributed by atoms with van der Waals surface area (Å²) in [4.78, 5) is 2.57. The van der Waals surface area contributed by atoms with Crippen molar-refractivity contribution in [3.8, 4) is 11.5 Å². The Morgan fingerprint density at radius 2 is 1.79 bits per heavy atom. The van der Waals surface area contributed by atoms with Crippen LogP contribution < -0.4 is 9.47 Å². The maximum atomic E-state index is 5.81. The molecule has 2 heterocycles. The lowest BCUT2D eigenvalue weighted by molar-refractivity contribution is 0.215. The van der Waals surface area contributed by atoms with Gasteiger partial charge < -0.3 is 14.0 Å². The molecular formula is C24H28N2O2. The maximum Gasteiger partial charge on any atom is 0.165 e. The number of hydrogen-bond donors (Lipinski definition) is 0. The molecule has 1 aromatic heterocycles. The van der Waals surface area contributed by atoms with Crippen molar-refractivity contribution in [2.75, 3.05) is 20.8 Å². The third-order valence-corrected chi connectivity index (χ3v) is 5.72. The van der Waals surface area contributed by atoms with E-state index >= 15 is 0 Å². The van der Waals surface area contributed by atoms with Crippen LogP contribution in [0.25, 0.3) is 0 Å². The summed E-state index contributed by atoms with van der Waals surface area (Å²) in [6, 6.07) is 19.3. The topological polar surface area (TPSA) is 26.6 Å². The van der Waals surface area contributed by atoms with Gasteiger partial charge in [0, 0.05) is 37.1 Å². The lowest BCUT2D eigenvalue weighted by Gasteiger charge is -2.32. The molecule has 0 saturated heterocycles. The third kappa shape index (κ3) is 3.40. The summed E-state index contributed by atoms with van der Waals surface area (Å²) >= 11 is 0. The van der Waals surface area contributed by atoms with E-state index in [9.17, 15) is 0 Å². The van der Waals surface area contributed by atoms with Gasteiger partial charge in [0.2, 0.25) is 0 Å². The molecule has 1 unspecified atom stereocenters. The predicted molar refractivity (Wildman–Crippen MR) is 112 cm³/mol. The van der Waals surface area contributed by atoms with Gasteiger partial charge in [-0.1, -0.05) is 36.4 Å². The second-order valence-electron chi connectivity index (χ2n) is 7.36. The zero-order chi connectivity index (χ0) is 19.5. The SMILES string of the molecule is COc1cccc(C2c3cccn3CCCN2Cc2ccccc2C)c1OC. The summed E-state index contributed by atoms with van der Waals surface area (Å²) in [5.41, 5.74) is 5.16. The van der Waals surface area contributed by atoms with Gasteiger partial charge in [-0.05, 0) is 42.7 Å². The van der Waals surface area contributed by atoms with Crippen molar-refractivity contribution in [3.05, 3.63) is 83.2 Å². The van der Waals surface area contributed by atoms with Crippen LogP contribution in [0.1, 0.15) is 34.8 Å². The minimum atomic E-state index is 0.113. The first-order chi connectivity index (χ1) is 13.7. The average molecular weight is 377 g/mol. The molecule has 3 aromatic rings. The van der Waals surface area contributed by atoms with Gasteiger partial charge in [0.25, 0.3) is 0 Å². The average Bonchev–Trinajstić information content (AvgIpc) is 3.10. The number of para-hydroxylation sites is 1. The Morgan fingerprint density at radius 3 is 2.57 bits per heavy atom. The standard InChI is InChI=1S/C24H28N2O2/c1-18-9-4-5-10-19(18)17-26-16-8-15-25-14-7-12-21(25)23(26)20-11-6-13-22(27-2)24(20)28-3/h4-7,9-14,23H,8,15-17H2,1-3H3.